The molecule has 2 N–H and O–H groups in total. The van der Waals surface area contributed by atoms with Crippen molar-refractivity contribution in [3.63, 3.8) is 0 Å². The van der Waals surface area contributed by atoms with E-state index in [1.807, 2.05) is 48.9 Å². The lowest BCUT2D eigenvalue weighted by atomic mass is 10.1. The third-order valence-electron chi connectivity index (χ3n) is 4.63. The van der Waals surface area contributed by atoms with Crippen molar-refractivity contribution in [1.29, 1.82) is 0 Å². The fourth-order valence-corrected chi connectivity index (χ4v) is 3.08. The number of hydrogen-bond acceptors (Lipinski definition) is 5. The number of non-ortho nitro benzene ring substituents is 1. The van der Waals surface area contributed by atoms with Gasteiger partial charge in [-0.15, -0.1) is 0 Å². The summed E-state index contributed by atoms with van der Waals surface area (Å²) in [5, 5.41) is 21.2. The summed E-state index contributed by atoms with van der Waals surface area (Å²) in [4.78, 5) is 22.6. The Hall–Kier alpha value is -3.68. The van der Waals surface area contributed by atoms with Crippen LogP contribution in [0.2, 0.25) is 0 Å². The van der Waals surface area contributed by atoms with E-state index < -0.39 is 4.92 Å². The predicted octanol–water partition coefficient (Wildman–Crippen LogP) is 3.17. The highest BCUT2D eigenvalue weighted by molar-refractivity contribution is 5.79. The molecule has 0 radical (unpaired) electrons. The van der Waals surface area contributed by atoms with Crippen molar-refractivity contribution >= 4 is 17.3 Å². The average molecular weight is 393 g/mol. The van der Waals surface area contributed by atoms with Crippen molar-refractivity contribution in [3.05, 3.63) is 81.7 Å². The van der Waals surface area contributed by atoms with Gasteiger partial charge in [-0.2, -0.15) is 5.10 Å². The van der Waals surface area contributed by atoms with Gasteiger partial charge in [-0.25, -0.2) is 4.68 Å². The molecule has 0 unspecified atom stereocenters. The molecule has 1 heterocycles. The van der Waals surface area contributed by atoms with Crippen LogP contribution < -0.4 is 10.6 Å². The lowest BCUT2D eigenvalue weighted by Gasteiger charge is -2.09. The first-order chi connectivity index (χ1) is 14.0. The van der Waals surface area contributed by atoms with Crippen molar-refractivity contribution in [2.24, 2.45) is 0 Å². The summed E-state index contributed by atoms with van der Waals surface area (Å²) in [6, 6.07) is 16.0. The molecule has 150 valence electrons. The predicted molar refractivity (Wildman–Crippen MR) is 111 cm³/mol. The quantitative estimate of drug-likeness (QED) is 0.348. The number of hydrogen-bond donors (Lipinski definition) is 2. The molecule has 1 amide bonds. The zero-order chi connectivity index (χ0) is 20.8. The van der Waals surface area contributed by atoms with Gasteiger partial charge >= 0.3 is 0 Å². The van der Waals surface area contributed by atoms with Gasteiger partial charge in [-0.1, -0.05) is 18.2 Å². The molecule has 1 aromatic heterocycles. The molecule has 2 aromatic carbocycles. The minimum absolute atomic E-state index is 0.0469. The van der Waals surface area contributed by atoms with E-state index in [4.69, 9.17) is 0 Å². The van der Waals surface area contributed by atoms with Gasteiger partial charge in [0, 0.05) is 42.2 Å². The van der Waals surface area contributed by atoms with E-state index in [2.05, 4.69) is 15.7 Å². The van der Waals surface area contributed by atoms with Gasteiger partial charge in [-0.05, 0) is 38.1 Å². The molecule has 0 aliphatic heterocycles. The number of aromatic nitrogens is 2. The zero-order valence-electron chi connectivity index (χ0n) is 16.4. The molecule has 3 rings (SSSR count). The molecule has 8 heteroatoms. The van der Waals surface area contributed by atoms with Crippen LogP contribution in [0, 0.1) is 24.0 Å². The molecule has 29 heavy (non-hydrogen) atoms. The van der Waals surface area contributed by atoms with Crippen LogP contribution in [-0.4, -0.2) is 33.7 Å². The Labute approximate surface area is 168 Å². The first kappa shape index (κ1) is 20.1. The summed E-state index contributed by atoms with van der Waals surface area (Å²) < 4.78 is 1.86. The van der Waals surface area contributed by atoms with E-state index in [0.29, 0.717) is 13.1 Å². The summed E-state index contributed by atoms with van der Waals surface area (Å²) in [5.41, 5.74) is 4.49. The minimum atomic E-state index is -0.437. The molecule has 0 bridgehead atoms. The molecule has 0 aliphatic rings. The average Bonchev–Trinajstić information content (AvgIpc) is 3.00. The fourth-order valence-electron chi connectivity index (χ4n) is 3.08. The van der Waals surface area contributed by atoms with Crippen LogP contribution in [0.15, 0.2) is 54.6 Å². The number of nitrogens with one attached hydrogen (secondary N) is 2. The Kier molecular flexibility index (Phi) is 6.23. The summed E-state index contributed by atoms with van der Waals surface area (Å²) in [6.07, 6.45) is 0.266. The third kappa shape index (κ3) is 4.98. The number of rotatable bonds is 8. The smallest absolute Gasteiger partial charge is 0.269 e. The van der Waals surface area contributed by atoms with E-state index >= 15 is 0 Å². The summed E-state index contributed by atoms with van der Waals surface area (Å²) in [5.74, 6) is -0.0747. The van der Waals surface area contributed by atoms with Crippen LogP contribution in [0.1, 0.15) is 17.0 Å². The number of anilines is 1. The van der Waals surface area contributed by atoms with Crippen LogP contribution in [0.4, 0.5) is 11.4 Å². The van der Waals surface area contributed by atoms with Crippen molar-refractivity contribution in [2.75, 3.05) is 18.4 Å². The molecular weight excluding hydrogens is 370 g/mol. The van der Waals surface area contributed by atoms with E-state index in [1.165, 1.54) is 12.1 Å². The molecule has 0 fully saturated rings. The second-order valence-electron chi connectivity index (χ2n) is 6.65. The van der Waals surface area contributed by atoms with Crippen LogP contribution in [0.3, 0.4) is 0 Å². The van der Waals surface area contributed by atoms with E-state index in [9.17, 15) is 14.9 Å². The SMILES string of the molecule is Cc1nn(-c2ccccc2)c(C)c1CC(=O)NCCNc1ccc([N+](=O)[O-])cc1. The van der Waals surface area contributed by atoms with E-state index in [-0.39, 0.29) is 18.0 Å². The number of benzene rings is 2. The standard InChI is InChI=1S/C21H23N5O3/c1-15-20(16(2)25(24-15)18-6-4-3-5-7-18)14-21(27)23-13-12-22-17-8-10-19(11-9-17)26(28)29/h3-11,22H,12-14H2,1-2H3,(H,23,27). The highest BCUT2D eigenvalue weighted by Crippen LogP contribution is 2.18. The number of nitro groups is 1. The third-order valence-corrected chi connectivity index (χ3v) is 4.63. The molecule has 0 saturated heterocycles. The van der Waals surface area contributed by atoms with Gasteiger partial charge in [0.25, 0.3) is 5.69 Å². The van der Waals surface area contributed by atoms with Gasteiger partial charge < -0.3 is 10.6 Å². The molecular formula is C21H23N5O3. The normalized spacial score (nSPS) is 10.6. The zero-order valence-corrected chi connectivity index (χ0v) is 16.4. The van der Waals surface area contributed by atoms with Crippen LogP contribution in [0.5, 0.6) is 0 Å². The Balaban J connectivity index is 1.51. The van der Waals surface area contributed by atoms with Gasteiger partial charge in [0.1, 0.15) is 0 Å². The van der Waals surface area contributed by atoms with E-state index in [1.54, 1.807) is 12.1 Å². The maximum Gasteiger partial charge on any atom is 0.269 e. The summed E-state index contributed by atoms with van der Waals surface area (Å²) >= 11 is 0. The number of para-hydroxylation sites is 1. The number of carbonyl (C=O) groups is 1. The van der Waals surface area contributed by atoms with Crippen molar-refractivity contribution in [1.82, 2.24) is 15.1 Å². The molecule has 0 aliphatic carbocycles. The highest BCUT2D eigenvalue weighted by Gasteiger charge is 2.15. The maximum atomic E-state index is 12.3. The number of carbonyl (C=O) groups excluding carboxylic acids is 1. The number of nitrogens with zero attached hydrogens (tertiary/aromatic N) is 3. The van der Waals surface area contributed by atoms with Gasteiger partial charge in [0.05, 0.1) is 22.7 Å². The monoisotopic (exact) mass is 393 g/mol. The van der Waals surface area contributed by atoms with Gasteiger partial charge in [0.2, 0.25) is 5.91 Å². The molecule has 0 saturated carbocycles. The van der Waals surface area contributed by atoms with Crippen molar-refractivity contribution in [3.8, 4) is 5.69 Å². The number of amides is 1. The number of aryl methyl sites for hydroxylation is 1. The molecule has 8 nitrogen and oxygen atoms in total. The van der Waals surface area contributed by atoms with Crippen LogP contribution in [-0.2, 0) is 11.2 Å². The first-order valence-electron chi connectivity index (χ1n) is 9.31. The summed E-state index contributed by atoms with van der Waals surface area (Å²) in [6.45, 7) is 4.84. The maximum absolute atomic E-state index is 12.3. The minimum Gasteiger partial charge on any atom is -0.383 e. The summed E-state index contributed by atoms with van der Waals surface area (Å²) in [7, 11) is 0. The van der Waals surface area contributed by atoms with Gasteiger partial charge in [-0.3, -0.25) is 14.9 Å². The second-order valence-corrected chi connectivity index (χ2v) is 6.65. The fraction of sp³-hybridized carbons (Fsp3) is 0.238. The highest BCUT2D eigenvalue weighted by atomic mass is 16.6. The topological polar surface area (TPSA) is 102 Å². The van der Waals surface area contributed by atoms with E-state index in [0.717, 1.165) is 28.3 Å². The Morgan fingerprint density at radius 1 is 1.07 bits per heavy atom. The van der Waals surface area contributed by atoms with Gasteiger partial charge in [0.15, 0.2) is 0 Å². The lowest BCUT2D eigenvalue weighted by molar-refractivity contribution is -0.384. The Morgan fingerprint density at radius 2 is 1.76 bits per heavy atom. The first-order valence-corrected chi connectivity index (χ1v) is 9.31. The Morgan fingerprint density at radius 3 is 2.41 bits per heavy atom. The second kappa shape index (κ2) is 9.01. The molecule has 0 spiro atoms. The van der Waals surface area contributed by atoms with Crippen LogP contribution >= 0.6 is 0 Å². The molecule has 3 aromatic rings. The van der Waals surface area contributed by atoms with Crippen molar-refractivity contribution < 1.29 is 9.72 Å². The van der Waals surface area contributed by atoms with Crippen molar-refractivity contribution in [2.45, 2.75) is 20.3 Å². The Bertz CT molecular complexity index is 997. The largest absolute Gasteiger partial charge is 0.383 e. The van der Waals surface area contributed by atoms with Crippen LogP contribution in [0.25, 0.3) is 5.69 Å². The molecule has 0 atom stereocenters. The number of nitro benzene ring substituents is 1. The lowest BCUT2D eigenvalue weighted by Crippen LogP contribution is -2.30.